The Kier molecular flexibility index (Phi) is 8.29. The Labute approximate surface area is 213 Å². The van der Waals surface area contributed by atoms with Gasteiger partial charge in [-0.05, 0) is 55.7 Å². The number of carbonyl (C=O) groups is 2. The monoisotopic (exact) mass is 509 g/mol. The van der Waals surface area contributed by atoms with Crippen molar-refractivity contribution >= 4 is 17.5 Å². The van der Waals surface area contributed by atoms with Crippen LogP contribution in [0.2, 0.25) is 0 Å². The summed E-state index contributed by atoms with van der Waals surface area (Å²) in [5, 5.41) is 11.4. The molecule has 1 saturated heterocycles. The molecule has 2 amide bonds. The van der Waals surface area contributed by atoms with Gasteiger partial charge in [-0.3, -0.25) is 19.7 Å². The molecule has 2 heterocycles. The Morgan fingerprint density at radius 3 is 2.54 bits per heavy atom. The minimum Gasteiger partial charge on any atom is -0.467 e. The van der Waals surface area contributed by atoms with Crippen LogP contribution in [0.3, 0.4) is 0 Å². The number of nitro benzene ring substituents is 1. The molecule has 194 valence electrons. The highest BCUT2D eigenvalue weighted by atomic mass is 19.1. The van der Waals surface area contributed by atoms with Crippen molar-refractivity contribution in [1.82, 2.24) is 9.80 Å². The molecular weight excluding hydrogens is 481 g/mol. The summed E-state index contributed by atoms with van der Waals surface area (Å²) in [5.74, 6) is -0.671. The average Bonchev–Trinajstić information content (AvgIpc) is 3.59. The van der Waals surface area contributed by atoms with Gasteiger partial charge in [-0.15, -0.1) is 0 Å². The molecule has 0 aliphatic carbocycles. The molecule has 1 unspecified atom stereocenters. The second-order valence-corrected chi connectivity index (χ2v) is 9.03. The van der Waals surface area contributed by atoms with Crippen LogP contribution < -0.4 is 0 Å². The van der Waals surface area contributed by atoms with E-state index in [4.69, 9.17) is 9.15 Å². The Balaban J connectivity index is 1.58. The van der Waals surface area contributed by atoms with Gasteiger partial charge in [0.25, 0.3) is 11.6 Å². The summed E-state index contributed by atoms with van der Waals surface area (Å²) in [5.41, 5.74) is 1.11. The molecule has 37 heavy (non-hydrogen) atoms. The zero-order valence-electron chi connectivity index (χ0n) is 20.5. The maximum atomic E-state index is 13.6. The average molecular weight is 510 g/mol. The first-order chi connectivity index (χ1) is 17.8. The van der Waals surface area contributed by atoms with E-state index in [0.717, 1.165) is 12.8 Å². The molecule has 0 N–H and O–H groups in total. The molecule has 0 bridgehead atoms. The zero-order valence-corrected chi connectivity index (χ0v) is 20.5. The maximum Gasteiger partial charge on any atom is 0.273 e. The van der Waals surface area contributed by atoms with Crippen LogP contribution >= 0.6 is 0 Å². The molecule has 10 heteroatoms. The van der Waals surface area contributed by atoms with Crippen molar-refractivity contribution < 1.29 is 28.1 Å². The lowest BCUT2D eigenvalue weighted by atomic mass is 10.1. The molecule has 0 saturated carbocycles. The molecule has 2 aromatic carbocycles. The molecule has 0 radical (unpaired) electrons. The van der Waals surface area contributed by atoms with Gasteiger partial charge in [-0.25, -0.2) is 4.39 Å². The zero-order chi connectivity index (χ0) is 26.4. The van der Waals surface area contributed by atoms with Crippen molar-refractivity contribution in [2.24, 2.45) is 0 Å². The van der Waals surface area contributed by atoms with Crippen LogP contribution in [-0.4, -0.2) is 52.3 Å². The number of hydrogen-bond donors (Lipinski definition) is 0. The number of aryl methyl sites for hydroxylation is 1. The fourth-order valence-electron chi connectivity index (χ4n) is 4.27. The van der Waals surface area contributed by atoms with Crippen molar-refractivity contribution in [3.63, 3.8) is 0 Å². The van der Waals surface area contributed by atoms with Crippen LogP contribution in [0.15, 0.2) is 65.3 Å². The third kappa shape index (κ3) is 6.79. The van der Waals surface area contributed by atoms with Crippen LogP contribution in [-0.2, 0) is 22.6 Å². The highest BCUT2D eigenvalue weighted by Crippen LogP contribution is 2.22. The van der Waals surface area contributed by atoms with Gasteiger partial charge in [0, 0.05) is 36.9 Å². The predicted octanol–water partition coefficient (Wildman–Crippen LogP) is 4.49. The molecular formula is C27H28FN3O6. The van der Waals surface area contributed by atoms with E-state index in [1.807, 2.05) is 0 Å². The molecule has 1 aromatic heterocycles. The fraction of sp³-hybridized carbons (Fsp3) is 0.333. The molecule has 1 atom stereocenters. The first kappa shape index (κ1) is 26.0. The maximum absolute atomic E-state index is 13.6. The van der Waals surface area contributed by atoms with E-state index in [2.05, 4.69) is 0 Å². The molecule has 4 rings (SSSR count). The molecule has 1 fully saturated rings. The molecule has 1 aliphatic heterocycles. The number of amides is 2. The SMILES string of the molecule is Cc1ccc(C(=O)N(CC(=O)N(Cc2ccc(F)cc2)Cc2ccco2)CC2CCCO2)cc1[N+](=O)[O-]. The Bertz CT molecular complexity index is 1240. The summed E-state index contributed by atoms with van der Waals surface area (Å²) >= 11 is 0. The van der Waals surface area contributed by atoms with Crippen LogP contribution in [0.25, 0.3) is 0 Å². The van der Waals surface area contributed by atoms with E-state index < -0.39 is 10.8 Å². The smallest absolute Gasteiger partial charge is 0.273 e. The van der Waals surface area contributed by atoms with E-state index in [9.17, 15) is 24.1 Å². The summed E-state index contributed by atoms with van der Waals surface area (Å²) < 4.78 is 24.5. The molecule has 3 aromatic rings. The minimum absolute atomic E-state index is 0.124. The number of nitrogens with zero attached hydrogens (tertiary/aromatic N) is 3. The third-order valence-electron chi connectivity index (χ3n) is 6.28. The van der Waals surface area contributed by atoms with Crippen LogP contribution in [0.1, 0.15) is 40.1 Å². The lowest BCUT2D eigenvalue weighted by Gasteiger charge is -2.29. The highest BCUT2D eigenvalue weighted by Gasteiger charge is 2.28. The molecule has 0 spiro atoms. The van der Waals surface area contributed by atoms with Crippen molar-refractivity contribution in [3.8, 4) is 0 Å². The van der Waals surface area contributed by atoms with Gasteiger partial charge < -0.3 is 19.0 Å². The topological polar surface area (TPSA) is 106 Å². The predicted molar refractivity (Wildman–Crippen MR) is 132 cm³/mol. The van der Waals surface area contributed by atoms with Crippen LogP contribution in [0, 0.1) is 22.9 Å². The van der Waals surface area contributed by atoms with Crippen LogP contribution in [0.4, 0.5) is 10.1 Å². The van der Waals surface area contributed by atoms with Crippen molar-refractivity contribution in [2.45, 2.75) is 39.0 Å². The Morgan fingerprint density at radius 1 is 1.11 bits per heavy atom. The second-order valence-electron chi connectivity index (χ2n) is 9.03. The van der Waals surface area contributed by atoms with Gasteiger partial charge in [-0.1, -0.05) is 18.2 Å². The molecule has 9 nitrogen and oxygen atoms in total. The lowest BCUT2D eigenvalue weighted by molar-refractivity contribution is -0.385. The number of rotatable bonds is 10. The van der Waals surface area contributed by atoms with E-state index in [1.54, 1.807) is 31.2 Å². The van der Waals surface area contributed by atoms with Crippen molar-refractivity contribution in [1.29, 1.82) is 0 Å². The van der Waals surface area contributed by atoms with Gasteiger partial charge >= 0.3 is 0 Å². The number of benzene rings is 2. The summed E-state index contributed by atoms with van der Waals surface area (Å²) in [6.07, 6.45) is 2.88. The number of halogens is 1. The summed E-state index contributed by atoms with van der Waals surface area (Å²) in [6.45, 7) is 2.42. The second kappa shape index (κ2) is 11.8. The van der Waals surface area contributed by atoms with Gasteiger partial charge in [0.15, 0.2) is 0 Å². The van der Waals surface area contributed by atoms with Crippen molar-refractivity contribution in [3.05, 3.63) is 99.2 Å². The first-order valence-corrected chi connectivity index (χ1v) is 12.0. The largest absolute Gasteiger partial charge is 0.467 e. The van der Waals surface area contributed by atoms with Gasteiger partial charge in [0.05, 0.1) is 23.8 Å². The number of ether oxygens (including phenoxy) is 1. The van der Waals surface area contributed by atoms with E-state index >= 15 is 0 Å². The standard InChI is InChI=1S/C27H28FN3O6/c1-19-6-9-21(14-25(19)31(34)35)27(33)30(17-24-5-3-13-37-24)18-26(32)29(16-23-4-2-12-36-23)15-20-7-10-22(28)11-8-20/h2,4,6-12,14,24H,3,5,13,15-18H2,1H3. The van der Waals surface area contributed by atoms with Crippen molar-refractivity contribution in [2.75, 3.05) is 19.7 Å². The minimum atomic E-state index is -0.532. The molecule has 1 aliphatic rings. The normalized spacial score (nSPS) is 14.9. The van der Waals surface area contributed by atoms with E-state index in [0.29, 0.717) is 23.5 Å². The van der Waals surface area contributed by atoms with E-state index in [1.165, 1.54) is 46.4 Å². The number of nitro groups is 1. The van der Waals surface area contributed by atoms with Crippen LogP contribution in [0.5, 0.6) is 0 Å². The lowest BCUT2D eigenvalue weighted by Crippen LogP contribution is -2.45. The van der Waals surface area contributed by atoms with Gasteiger partial charge in [0.2, 0.25) is 5.91 Å². The van der Waals surface area contributed by atoms with Gasteiger partial charge in [0.1, 0.15) is 18.1 Å². The number of carbonyl (C=O) groups excluding carboxylic acids is 2. The Hall–Kier alpha value is -4.05. The van der Waals surface area contributed by atoms with Gasteiger partial charge in [-0.2, -0.15) is 0 Å². The number of furan rings is 1. The van der Waals surface area contributed by atoms with E-state index in [-0.39, 0.29) is 55.3 Å². The summed E-state index contributed by atoms with van der Waals surface area (Å²) in [6, 6.07) is 13.6. The highest BCUT2D eigenvalue weighted by molar-refractivity contribution is 5.97. The first-order valence-electron chi connectivity index (χ1n) is 12.0. The fourth-order valence-corrected chi connectivity index (χ4v) is 4.27. The third-order valence-corrected chi connectivity index (χ3v) is 6.28. The Morgan fingerprint density at radius 2 is 1.89 bits per heavy atom. The summed E-state index contributed by atoms with van der Waals surface area (Å²) in [7, 11) is 0. The quantitative estimate of drug-likeness (QED) is 0.295. The summed E-state index contributed by atoms with van der Waals surface area (Å²) in [4.78, 5) is 40.9. The number of hydrogen-bond acceptors (Lipinski definition) is 6.